The van der Waals surface area contributed by atoms with Crippen molar-refractivity contribution in [2.24, 2.45) is 0 Å². The van der Waals surface area contributed by atoms with Gasteiger partial charge in [0.1, 0.15) is 0 Å². The van der Waals surface area contributed by atoms with Crippen LogP contribution in [-0.2, 0) is 0 Å². The molecule has 0 fully saturated rings. The lowest BCUT2D eigenvalue weighted by Gasteiger charge is -2.07. The number of hydrogen-bond acceptors (Lipinski definition) is 2. The summed E-state index contributed by atoms with van der Waals surface area (Å²) < 4.78 is 29.3. The van der Waals surface area contributed by atoms with Crippen molar-refractivity contribution >= 4 is 26.7 Å². The Labute approximate surface area is 93.0 Å². The fourth-order valence-corrected chi connectivity index (χ4v) is 1.82. The molecular weight excluding hydrogens is 268 g/mol. The molecular formula is C10H6BrF2NO. The number of nitrogens with zero attached hydrogens (tertiary/aromatic N) is 1. The van der Waals surface area contributed by atoms with Gasteiger partial charge in [-0.1, -0.05) is 22.0 Å². The van der Waals surface area contributed by atoms with Gasteiger partial charge in [-0.25, -0.2) is 4.98 Å². The number of benzene rings is 1. The molecule has 0 amide bonds. The minimum Gasteiger partial charge on any atom is -0.416 e. The van der Waals surface area contributed by atoms with E-state index in [0.29, 0.717) is 5.39 Å². The fraction of sp³-hybridized carbons (Fsp3) is 0.100. The van der Waals surface area contributed by atoms with Gasteiger partial charge in [0, 0.05) is 21.4 Å². The summed E-state index contributed by atoms with van der Waals surface area (Å²) in [5.41, 5.74) is 0. The molecule has 0 spiro atoms. The van der Waals surface area contributed by atoms with Gasteiger partial charge in [0.25, 0.3) is 0 Å². The second-order valence-corrected chi connectivity index (χ2v) is 3.68. The van der Waals surface area contributed by atoms with E-state index in [4.69, 9.17) is 0 Å². The number of rotatable bonds is 2. The summed E-state index contributed by atoms with van der Waals surface area (Å²) in [4.78, 5) is 3.77. The van der Waals surface area contributed by atoms with E-state index in [2.05, 4.69) is 25.7 Å². The van der Waals surface area contributed by atoms with Crippen LogP contribution >= 0.6 is 15.9 Å². The molecule has 2 aromatic rings. The first-order valence-corrected chi connectivity index (χ1v) is 4.96. The minimum atomic E-state index is -2.86. The average molecular weight is 274 g/mol. The van der Waals surface area contributed by atoms with Crippen LogP contribution in [-0.4, -0.2) is 11.6 Å². The van der Waals surface area contributed by atoms with Crippen LogP contribution in [0.1, 0.15) is 0 Å². The van der Waals surface area contributed by atoms with Crippen LogP contribution < -0.4 is 4.74 Å². The van der Waals surface area contributed by atoms with Crippen molar-refractivity contribution in [3.8, 4) is 5.88 Å². The van der Waals surface area contributed by atoms with E-state index < -0.39 is 6.61 Å². The number of pyridine rings is 1. The van der Waals surface area contributed by atoms with E-state index in [1.165, 1.54) is 6.20 Å². The van der Waals surface area contributed by atoms with Crippen LogP contribution in [0.5, 0.6) is 5.88 Å². The summed E-state index contributed by atoms with van der Waals surface area (Å²) in [6.45, 7) is -2.86. The molecule has 5 heteroatoms. The molecule has 0 aliphatic rings. The van der Waals surface area contributed by atoms with Gasteiger partial charge in [0.05, 0.1) is 0 Å². The number of hydrogen-bond donors (Lipinski definition) is 0. The number of aromatic nitrogens is 1. The van der Waals surface area contributed by atoms with Crippen molar-refractivity contribution in [3.63, 3.8) is 0 Å². The van der Waals surface area contributed by atoms with Crippen molar-refractivity contribution in [1.29, 1.82) is 0 Å². The number of alkyl halides is 2. The first-order chi connectivity index (χ1) is 7.18. The molecule has 1 aromatic heterocycles. The Kier molecular flexibility index (Phi) is 2.81. The number of fused-ring (bicyclic) bond motifs is 1. The standard InChI is InChI=1S/C10H6BrF2NO/c11-8-3-1-2-7-6(8)4-5-14-9(7)15-10(12)13/h1-5,10H. The van der Waals surface area contributed by atoms with Crippen molar-refractivity contribution in [2.75, 3.05) is 0 Å². The molecule has 0 saturated carbocycles. The zero-order valence-corrected chi connectivity index (χ0v) is 9.04. The first-order valence-electron chi connectivity index (χ1n) is 4.16. The quantitative estimate of drug-likeness (QED) is 0.834. The molecule has 0 bridgehead atoms. The maximum absolute atomic E-state index is 12.1. The molecule has 0 N–H and O–H groups in total. The Morgan fingerprint density at radius 1 is 1.20 bits per heavy atom. The van der Waals surface area contributed by atoms with E-state index in [1.807, 2.05) is 6.07 Å². The van der Waals surface area contributed by atoms with Crippen molar-refractivity contribution < 1.29 is 13.5 Å². The normalized spacial score (nSPS) is 10.9. The van der Waals surface area contributed by atoms with E-state index in [1.54, 1.807) is 18.2 Å². The van der Waals surface area contributed by atoms with Gasteiger partial charge < -0.3 is 4.74 Å². The Hall–Kier alpha value is -1.23. The van der Waals surface area contributed by atoms with E-state index >= 15 is 0 Å². The smallest absolute Gasteiger partial charge is 0.388 e. The van der Waals surface area contributed by atoms with E-state index in [-0.39, 0.29) is 5.88 Å². The zero-order chi connectivity index (χ0) is 10.8. The third-order valence-electron chi connectivity index (χ3n) is 1.92. The highest BCUT2D eigenvalue weighted by molar-refractivity contribution is 9.10. The summed E-state index contributed by atoms with van der Waals surface area (Å²) in [6, 6.07) is 6.99. The topological polar surface area (TPSA) is 22.1 Å². The molecule has 2 nitrogen and oxygen atoms in total. The van der Waals surface area contributed by atoms with Crippen LogP contribution in [0, 0.1) is 0 Å². The molecule has 0 unspecified atom stereocenters. The Morgan fingerprint density at radius 2 is 2.00 bits per heavy atom. The third kappa shape index (κ3) is 2.07. The van der Waals surface area contributed by atoms with Crippen molar-refractivity contribution in [2.45, 2.75) is 6.61 Å². The molecule has 0 atom stereocenters. The highest BCUT2D eigenvalue weighted by Crippen LogP contribution is 2.29. The van der Waals surface area contributed by atoms with E-state index in [9.17, 15) is 8.78 Å². The fourth-order valence-electron chi connectivity index (χ4n) is 1.32. The maximum Gasteiger partial charge on any atom is 0.388 e. The summed E-state index contributed by atoms with van der Waals surface area (Å²) in [5, 5.41) is 1.36. The Bertz CT molecular complexity index is 490. The van der Waals surface area contributed by atoms with Gasteiger partial charge >= 0.3 is 6.61 Å². The largest absolute Gasteiger partial charge is 0.416 e. The second-order valence-electron chi connectivity index (χ2n) is 2.83. The molecule has 1 aromatic carbocycles. The van der Waals surface area contributed by atoms with Crippen LogP contribution in [0.2, 0.25) is 0 Å². The molecule has 0 aliphatic heterocycles. The van der Waals surface area contributed by atoms with Gasteiger partial charge in [-0.3, -0.25) is 0 Å². The SMILES string of the molecule is FC(F)Oc1nccc2c(Br)cccc12. The van der Waals surface area contributed by atoms with Crippen LogP contribution in [0.25, 0.3) is 10.8 Å². The molecule has 78 valence electrons. The molecule has 0 saturated heterocycles. The average Bonchev–Trinajstić information content (AvgIpc) is 2.19. The zero-order valence-electron chi connectivity index (χ0n) is 7.45. The van der Waals surface area contributed by atoms with Gasteiger partial charge in [-0.2, -0.15) is 8.78 Å². The van der Waals surface area contributed by atoms with Crippen LogP contribution in [0.15, 0.2) is 34.9 Å². The van der Waals surface area contributed by atoms with Crippen LogP contribution in [0.3, 0.4) is 0 Å². The number of halogens is 3. The lowest BCUT2D eigenvalue weighted by atomic mass is 10.2. The molecule has 2 rings (SSSR count). The van der Waals surface area contributed by atoms with Crippen LogP contribution in [0.4, 0.5) is 8.78 Å². The Balaban J connectivity index is 2.61. The highest BCUT2D eigenvalue weighted by atomic mass is 79.9. The second kappa shape index (κ2) is 4.10. The summed E-state index contributed by atoms with van der Waals surface area (Å²) in [5.74, 6) is -0.0520. The van der Waals surface area contributed by atoms with Gasteiger partial charge in [0.15, 0.2) is 0 Å². The minimum absolute atomic E-state index is 0.0520. The van der Waals surface area contributed by atoms with Gasteiger partial charge in [-0.05, 0) is 18.2 Å². The highest BCUT2D eigenvalue weighted by Gasteiger charge is 2.10. The number of ether oxygens (including phenoxy) is 1. The summed E-state index contributed by atoms with van der Waals surface area (Å²) in [7, 11) is 0. The van der Waals surface area contributed by atoms with Crippen molar-refractivity contribution in [1.82, 2.24) is 4.98 Å². The van der Waals surface area contributed by atoms with E-state index in [0.717, 1.165) is 9.86 Å². The Morgan fingerprint density at radius 3 is 2.73 bits per heavy atom. The maximum atomic E-state index is 12.1. The monoisotopic (exact) mass is 273 g/mol. The first kappa shape index (κ1) is 10.3. The third-order valence-corrected chi connectivity index (χ3v) is 2.61. The lowest BCUT2D eigenvalue weighted by molar-refractivity contribution is -0.0517. The van der Waals surface area contributed by atoms with Crippen molar-refractivity contribution in [3.05, 3.63) is 34.9 Å². The molecule has 15 heavy (non-hydrogen) atoms. The summed E-state index contributed by atoms with van der Waals surface area (Å²) in [6.07, 6.45) is 1.44. The predicted octanol–water partition coefficient (Wildman–Crippen LogP) is 3.60. The summed E-state index contributed by atoms with van der Waals surface area (Å²) >= 11 is 3.33. The molecule has 0 aliphatic carbocycles. The lowest BCUT2D eigenvalue weighted by Crippen LogP contribution is -2.03. The van der Waals surface area contributed by atoms with Gasteiger partial charge in [-0.15, -0.1) is 0 Å². The van der Waals surface area contributed by atoms with Gasteiger partial charge in [0.2, 0.25) is 5.88 Å². The molecule has 1 heterocycles. The predicted molar refractivity (Wildman–Crippen MR) is 56.1 cm³/mol. The molecule has 0 radical (unpaired) electrons.